The van der Waals surface area contributed by atoms with Crippen molar-refractivity contribution < 1.29 is 9.53 Å². The van der Waals surface area contributed by atoms with Gasteiger partial charge in [-0.3, -0.25) is 4.79 Å². The molecule has 1 heterocycles. The van der Waals surface area contributed by atoms with E-state index in [1.54, 1.807) is 19.2 Å². The number of rotatable bonds is 5. The molecule has 3 rings (SSSR count). The summed E-state index contributed by atoms with van der Waals surface area (Å²) in [5.74, 6) is 0.478. The Kier molecular flexibility index (Phi) is 5.71. The van der Waals surface area contributed by atoms with Crippen LogP contribution in [0.25, 0.3) is 11.3 Å². The molecule has 1 aromatic heterocycles. The van der Waals surface area contributed by atoms with Crippen molar-refractivity contribution in [2.75, 3.05) is 7.11 Å². The van der Waals surface area contributed by atoms with Gasteiger partial charge >= 0.3 is 0 Å². The number of halogens is 2. The molecule has 0 aliphatic carbocycles. The van der Waals surface area contributed by atoms with Crippen molar-refractivity contribution in [3.63, 3.8) is 0 Å². The molecule has 0 unspecified atom stereocenters. The molecule has 0 bridgehead atoms. The molecule has 3 aromatic rings. The molecule has 0 aliphatic rings. The Hall–Kier alpha value is -2.63. The van der Waals surface area contributed by atoms with Crippen LogP contribution < -0.4 is 10.1 Å². The fourth-order valence-electron chi connectivity index (χ4n) is 2.35. The van der Waals surface area contributed by atoms with Crippen LogP contribution in [0.15, 0.2) is 54.9 Å². The van der Waals surface area contributed by atoms with Crippen molar-refractivity contribution in [1.29, 1.82) is 0 Å². The average Bonchev–Trinajstić information content (AvgIpc) is 2.66. The van der Waals surface area contributed by atoms with Crippen LogP contribution in [0.2, 0.25) is 10.0 Å². The first-order chi connectivity index (χ1) is 12.6. The second-order valence-corrected chi connectivity index (χ2v) is 6.27. The largest absolute Gasteiger partial charge is 0.497 e. The van der Waals surface area contributed by atoms with Crippen LogP contribution in [0.5, 0.6) is 5.75 Å². The summed E-state index contributed by atoms with van der Waals surface area (Å²) in [5, 5.41) is 3.58. The quantitative estimate of drug-likeness (QED) is 0.704. The topological polar surface area (TPSA) is 64.1 Å². The standard InChI is InChI=1S/C19H15Cl2N3O2/c1-26-15-5-2-12(3-6-15)18-9-14(23-11-24-18)10-22-19(25)16-7-4-13(20)8-17(16)21/h2-9,11H,10H2,1H3,(H,22,25). The average molecular weight is 388 g/mol. The monoisotopic (exact) mass is 387 g/mol. The minimum absolute atomic E-state index is 0.253. The van der Waals surface area contributed by atoms with E-state index in [-0.39, 0.29) is 12.5 Å². The zero-order chi connectivity index (χ0) is 18.5. The number of nitrogens with one attached hydrogen (secondary N) is 1. The predicted molar refractivity (Wildman–Crippen MR) is 102 cm³/mol. The van der Waals surface area contributed by atoms with E-state index in [2.05, 4.69) is 15.3 Å². The summed E-state index contributed by atoms with van der Waals surface area (Å²) in [6, 6.07) is 14.1. The molecule has 2 aromatic carbocycles. The molecule has 0 saturated carbocycles. The summed E-state index contributed by atoms with van der Waals surface area (Å²) < 4.78 is 5.15. The van der Waals surface area contributed by atoms with Gasteiger partial charge in [-0.25, -0.2) is 9.97 Å². The Morgan fingerprint density at radius 1 is 1.08 bits per heavy atom. The number of amides is 1. The Bertz CT molecular complexity index is 930. The number of carbonyl (C=O) groups excluding carboxylic acids is 1. The summed E-state index contributed by atoms with van der Waals surface area (Å²) in [6.07, 6.45) is 1.47. The molecule has 0 spiro atoms. The summed E-state index contributed by atoms with van der Waals surface area (Å²) >= 11 is 11.9. The first-order valence-corrected chi connectivity index (χ1v) is 8.51. The van der Waals surface area contributed by atoms with Gasteiger partial charge in [-0.2, -0.15) is 0 Å². The number of benzene rings is 2. The van der Waals surface area contributed by atoms with E-state index in [0.717, 1.165) is 17.0 Å². The molecule has 5 nitrogen and oxygen atoms in total. The minimum atomic E-state index is -0.295. The van der Waals surface area contributed by atoms with Crippen molar-refractivity contribution in [1.82, 2.24) is 15.3 Å². The molecule has 0 saturated heterocycles. The highest BCUT2D eigenvalue weighted by Crippen LogP contribution is 2.22. The number of carbonyl (C=O) groups is 1. The van der Waals surface area contributed by atoms with Gasteiger partial charge in [-0.1, -0.05) is 23.2 Å². The summed E-state index contributed by atoms with van der Waals surface area (Å²) in [6.45, 7) is 0.253. The Labute approximate surface area is 161 Å². The van der Waals surface area contributed by atoms with Crippen LogP contribution in [0, 0.1) is 0 Å². The molecule has 0 radical (unpaired) electrons. The van der Waals surface area contributed by atoms with Gasteiger partial charge in [-0.05, 0) is 48.5 Å². The van der Waals surface area contributed by atoms with E-state index in [4.69, 9.17) is 27.9 Å². The highest BCUT2D eigenvalue weighted by Gasteiger charge is 2.11. The second kappa shape index (κ2) is 8.17. The van der Waals surface area contributed by atoms with Gasteiger partial charge in [0.05, 0.1) is 35.6 Å². The second-order valence-electron chi connectivity index (χ2n) is 5.43. The zero-order valence-corrected chi connectivity index (χ0v) is 15.4. The highest BCUT2D eigenvalue weighted by molar-refractivity contribution is 6.36. The van der Waals surface area contributed by atoms with E-state index in [1.165, 1.54) is 12.4 Å². The highest BCUT2D eigenvalue weighted by atomic mass is 35.5. The van der Waals surface area contributed by atoms with Crippen molar-refractivity contribution in [2.45, 2.75) is 6.54 Å². The Balaban J connectivity index is 1.71. The molecular formula is C19H15Cl2N3O2. The van der Waals surface area contributed by atoms with E-state index in [9.17, 15) is 4.79 Å². The number of hydrogen-bond donors (Lipinski definition) is 1. The van der Waals surface area contributed by atoms with E-state index in [1.807, 2.05) is 30.3 Å². The van der Waals surface area contributed by atoms with Crippen molar-refractivity contribution in [3.8, 4) is 17.0 Å². The number of ether oxygens (including phenoxy) is 1. The summed E-state index contributed by atoms with van der Waals surface area (Å²) in [4.78, 5) is 20.7. The van der Waals surface area contributed by atoms with Crippen molar-refractivity contribution in [2.24, 2.45) is 0 Å². The van der Waals surface area contributed by atoms with Crippen LogP contribution in [0.1, 0.15) is 16.1 Å². The van der Waals surface area contributed by atoms with E-state index in [0.29, 0.717) is 21.3 Å². The molecule has 1 N–H and O–H groups in total. The minimum Gasteiger partial charge on any atom is -0.497 e. The number of hydrogen-bond acceptors (Lipinski definition) is 4. The molecule has 0 fully saturated rings. The van der Waals surface area contributed by atoms with Crippen LogP contribution >= 0.6 is 23.2 Å². The van der Waals surface area contributed by atoms with Gasteiger partial charge in [0.2, 0.25) is 0 Å². The SMILES string of the molecule is COc1ccc(-c2cc(CNC(=O)c3ccc(Cl)cc3Cl)ncn2)cc1. The Morgan fingerprint density at radius 3 is 2.54 bits per heavy atom. The van der Waals surface area contributed by atoms with E-state index >= 15 is 0 Å². The smallest absolute Gasteiger partial charge is 0.253 e. The molecular weight excluding hydrogens is 373 g/mol. The lowest BCUT2D eigenvalue weighted by molar-refractivity contribution is 0.0950. The fraction of sp³-hybridized carbons (Fsp3) is 0.105. The maximum absolute atomic E-state index is 12.3. The lowest BCUT2D eigenvalue weighted by atomic mass is 10.1. The normalized spacial score (nSPS) is 10.4. The molecule has 7 heteroatoms. The lowest BCUT2D eigenvalue weighted by Crippen LogP contribution is -2.23. The maximum atomic E-state index is 12.3. The van der Waals surface area contributed by atoms with E-state index < -0.39 is 0 Å². The zero-order valence-electron chi connectivity index (χ0n) is 13.9. The third kappa shape index (κ3) is 4.31. The number of aromatic nitrogens is 2. The van der Waals surface area contributed by atoms with Gasteiger partial charge in [0.15, 0.2) is 0 Å². The molecule has 0 atom stereocenters. The van der Waals surface area contributed by atoms with Gasteiger partial charge in [0, 0.05) is 10.6 Å². The first kappa shape index (κ1) is 18.2. The third-order valence-corrected chi connectivity index (χ3v) is 4.26. The van der Waals surface area contributed by atoms with Gasteiger partial charge in [0.25, 0.3) is 5.91 Å². The summed E-state index contributed by atoms with van der Waals surface area (Å²) in [5.41, 5.74) is 2.74. The molecule has 26 heavy (non-hydrogen) atoms. The number of nitrogens with zero attached hydrogens (tertiary/aromatic N) is 2. The first-order valence-electron chi connectivity index (χ1n) is 7.75. The van der Waals surface area contributed by atoms with Crippen LogP contribution in [0.4, 0.5) is 0 Å². The molecule has 132 valence electrons. The summed E-state index contributed by atoms with van der Waals surface area (Å²) in [7, 11) is 1.62. The van der Waals surface area contributed by atoms with Crippen LogP contribution in [-0.4, -0.2) is 23.0 Å². The van der Waals surface area contributed by atoms with Crippen LogP contribution in [-0.2, 0) is 6.54 Å². The van der Waals surface area contributed by atoms with Crippen LogP contribution in [0.3, 0.4) is 0 Å². The van der Waals surface area contributed by atoms with Crippen molar-refractivity contribution >= 4 is 29.1 Å². The number of methoxy groups -OCH3 is 1. The predicted octanol–water partition coefficient (Wildman–Crippen LogP) is 4.39. The van der Waals surface area contributed by atoms with Gasteiger partial charge in [0.1, 0.15) is 12.1 Å². The third-order valence-electron chi connectivity index (χ3n) is 3.72. The lowest BCUT2D eigenvalue weighted by Gasteiger charge is -2.08. The fourth-order valence-corrected chi connectivity index (χ4v) is 2.85. The Morgan fingerprint density at radius 2 is 1.85 bits per heavy atom. The molecule has 0 aliphatic heterocycles. The maximum Gasteiger partial charge on any atom is 0.253 e. The van der Waals surface area contributed by atoms with Gasteiger partial charge < -0.3 is 10.1 Å². The molecule has 1 amide bonds. The van der Waals surface area contributed by atoms with Gasteiger partial charge in [-0.15, -0.1) is 0 Å². The van der Waals surface area contributed by atoms with Crippen molar-refractivity contribution in [3.05, 3.63) is 76.2 Å².